The molecule has 156 valence electrons. The summed E-state index contributed by atoms with van der Waals surface area (Å²) in [6.07, 6.45) is -3.75. The SMILES string of the molecule is CC(CC(=O)NCCNc1ncc(C(F)(F)F)cc1Cl)NC(=O)c1ccccc1. The van der Waals surface area contributed by atoms with Gasteiger partial charge in [0.2, 0.25) is 5.91 Å². The zero-order valence-electron chi connectivity index (χ0n) is 15.5. The maximum absolute atomic E-state index is 12.6. The van der Waals surface area contributed by atoms with E-state index in [1.807, 2.05) is 0 Å². The van der Waals surface area contributed by atoms with Crippen molar-refractivity contribution in [2.45, 2.75) is 25.6 Å². The summed E-state index contributed by atoms with van der Waals surface area (Å²) >= 11 is 5.79. The number of nitrogens with zero attached hydrogens (tertiary/aromatic N) is 1. The van der Waals surface area contributed by atoms with Crippen LogP contribution in [0.15, 0.2) is 42.6 Å². The monoisotopic (exact) mass is 428 g/mol. The number of anilines is 1. The van der Waals surface area contributed by atoms with Gasteiger partial charge in [0.05, 0.1) is 10.6 Å². The van der Waals surface area contributed by atoms with Crippen molar-refractivity contribution in [2.75, 3.05) is 18.4 Å². The zero-order valence-corrected chi connectivity index (χ0v) is 16.3. The molecule has 10 heteroatoms. The largest absolute Gasteiger partial charge is 0.417 e. The first-order valence-corrected chi connectivity index (χ1v) is 9.14. The smallest absolute Gasteiger partial charge is 0.367 e. The molecule has 0 saturated heterocycles. The number of benzene rings is 1. The highest BCUT2D eigenvalue weighted by Crippen LogP contribution is 2.32. The Bertz CT molecular complexity index is 847. The second-order valence-corrected chi connectivity index (χ2v) is 6.68. The molecule has 0 bridgehead atoms. The molecule has 3 N–H and O–H groups in total. The molecular weight excluding hydrogens is 409 g/mol. The summed E-state index contributed by atoms with van der Waals surface area (Å²) in [6, 6.07) is 9.06. The number of carbonyl (C=O) groups excluding carboxylic acids is 2. The molecule has 2 aromatic rings. The third kappa shape index (κ3) is 7.26. The molecule has 1 aromatic heterocycles. The van der Waals surface area contributed by atoms with Crippen molar-refractivity contribution in [2.24, 2.45) is 0 Å². The van der Waals surface area contributed by atoms with Crippen LogP contribution in [-0.4, -0.2) is 35.9 Å². The van der Waals surface area contributed by atoms with Gasteiger partial charge < -0.3 is 16.0 Å². The average molecular weight is 429 g/mol. The lowest BCUT2D eigenvalue weighted by atomic mass is 10.1. The van der Waals surface area contributed by atoms with Crippen LogP contribution in [0.2, 0.25) is 5.02 Å². The number of hydrogen-bond acceptors (Lipinski definition) is 4. The van der Waals surface area contributed by atoms with Crippen LogP contribution in [0.5, 0.6) is 0 Å². The summed E-state index contributed by atoms with van der Waals surface area (Å²) in [5, 5.41) is 7.98. The van der Waals surface area contributed by atoms with Crippen LogP contribution in [0.25, 0.3) is 0 Å². The van der Waals surface area contributed by atoms with Crippen molar-refractivity contribution in [3.05, 3.63) is 58.7 Å². The van der Waals surface area contributed by atoms with Crippen molar-refractivity contribution in [1.82, 2.24) is 15.6 Å². The van der Waals surface area contributed by atoms with E-state index in [9.17, 15) is 22.8 Å². The third-order valence-corrected chi connectivity index (χ3v) is 4.10. The van der Waals surface area contributed by atoms with Gasteiger partial charge in [-0.2, -0.15) is 13.2 Å². The number of aromatic nitrogens is 1. The molecule has 0 fully saturated rings. The first kappa shape index (κ1) is 22.5. The minimum absolute atomic E-state index is 0.0812. The molecule has 0 aliphatic rings. The number of rotatable bonds is 8. The number of carbonyl (C=O) groups is 2. The molecule has 1 unspecified atom stereocenters. The Hall–Kier alpha value is -2.81. The first-order valence-electron chi connectivity index (χ1n) is 8.76. The fraction of sp³-hybridized carbons (Fsp3) is 0.316. The highest BCUT2D eigenvalue weighted by Gasteiger charge is 2.31. The van der Waals surface area contributed by atoms with E-state index in [1.54, 1.807) is 37.3 Å². The van der Waals surface area contributed by atoms with Gasteiger partial charge >= 0.3 is 6.18 Å². The second kappa shape index (κ2) is 10.1. The Morgan fingerprint density at radius 1 is 1.17 bits per heavy atom. The van der Waals surface area contributed by atoms with Crippen LogP contribution in [0, 0.1) is 0 Å². The predicted octanol–water partition coefficient (Wildman–Crippen LogP) is 3.49. The average Bonchev–Trinajstić information content (AvgIpc) is 2.66. The quantitative estimate of drug-likeness (QED) is 0.562. The number of pyridine rings is 1. The molecule has 0 aliphatic heterocycles. The number of nitrogens with one attached hydrogen (secondary N) is 3. The van der Waals surface area contributed by atoms with E-state index in [0.29, 0.717) is 11.8 Å². The molecule has 29 heavy (non-hydrogen) atoms. The van der Waals surface area contributed by atoms with Crippen LogP contribution >= 0.6 is 11.6 Å². The highest BCUT2D eigenvalue weighted by molar-refractivity contribution is 6.32. The summed E-state index contributed by atoms with van der Waals surface area (Å²) in [4.78, 5) is 27.6. The van der Waals surface area contributed by atoms with E-state index >= 15 is 0 Å². The van der Waals surface area contributed by atoms with Crippen LogP contribution in [0.1, 0.15) is 29.3 Å². The standard InChI is InChI=1S/C19H20ClF3N4O2/c1-12(27-18(29)13-5-3-2-4-6-13)9-16(28)24-7-8-25-17-15(20)10-14(11-26-17)19(21,22)23/h2-6,10-12H,7-9H2,1H3,(H,24,28)(H,25,26)(H,27,29). The fourth-order valence-corrected chi connectivity index (χ4v) is 2.64. The molecule has 0 saturated carbocycles. The van der Waals surface area contributed by atoms with E-state index in [2.05, 4.69) is 20.9 Å². The fourth-order valence-electron chi connectivity index (χ4n) is 2.40. The number of halogens is 4. The topological polar surface area (TPSA) is 83.1 Å². The first-order chi connectivity index (χ1) is 13.7. The number of hydrogen-bond donors (Lipinski definition) is 3. The van der Waals surface area contributed by atoms with Crippen molar-refractivity contribution in [3.8, 4) is 0 Å². The van der Waals surface area contributed by atoms with Crippen LogP contribution < -0.4 is 16.0 Å². The molecule has 1 heterocycles. The van der Waals surface area contributed by atoms with Gasteiger partial charge in [0, 0.05) is 37.3 Å². The van der Waals surface area contributed by atoms with E-state index in [1.165, 1.54) is 0 Å². The Balaban J connectivity index is 1.71. The summed E-state index contributed by atoms with van der Waals surface area (Å²) in [6.45, 7) is 2.14. The summed E-state index contributed by atoms with van der Waals surface area (Å²) in [5.74, 6) is -0.452. The second-order valence-electron chi connectivity index (χ2n) is 6.27. The van der Waals surface area contributed by atoms with Gasteiger partial charge in [-0.25, -0.2) is 4.98 Å². The van der Waals surface area contributed by atoms with E-state index < -0.39 is 11.7 Å². The van der Waals surface area contributed by atoms with Crippen molar-refractivity contribution >= 4 is 29.2 Å². The zero-order chi connectivity index (χ0) is 21.4. The van der Waals surface area contributed by atoms with Gasteiger partial charge in [0.1, 0.15) is 5.82 Å². The molecule has 0 radical (unpaired) electrons. The van der Waals surface area contributed by atoms with Gasteiger partial charge in [-0.15, -0.1) is 0 Å². The molecule has 0 spiro atoms. The maximum atomic E-state index is 12.6. The lowest BCUT2D eigenvalue weighted by Crippen LogP contribution is -2.38. The predicted molar refractivity (Wildman–Crippen MR) is 104 cm³/mol. The summed E-state index contributed by atoms with van der Waals surface area (Å²) < 4.78 is 37.7. The van der Waals surface area contributed by atoms with Gasteiger partial charge in [-0.3, -0.25) is 9.59 Å². The Labute approximate surface area is 170 Å². The Morgan fingerprint density at radius 3 is 2.48 bits per heavy atom. The Kier molecular flexibility index (Phi) is 7.83. The molecule has 0 aliphatic carbocycles. The molecule has 1 atom stereocenters. The summed E-state index contributed by atoms with van der Waals surface area (Å²) in [7, 11) is 0. The minimum Gasteiger partial charge on any atom is -0.367 e. The van der Waals surface area contributed by atoms with E-state index in [-0.39, 0.29) is 48.2 Å². The molecule has 1 aromatic carbocycles. The van der Waals surface area contributed by atoms with Gasteiger partial charge in [0.25, 0.3) is 5.91 Å². The Morgan fingerprint density at radius 2 is 1.86 bits per heavy atom. The normalized spacial score (nSPS) is 12.2. The van der Waals surface area contributed by atoms with E-state index in [4.69, 9.17) is 11.6 Å². The lowest BCUT2D eigenvalue weighted by molar-refractivity contribution is -0.137. The van der Waals surface area contributed by atoms with Gasteiger partial charge in [-0.1, -0.05) is 29.8 Å². The minimum atomic E-state index is -4.52. The molecular formula is C19H20ClF3N4O2. The van der Waals surface area contributed by atoms with Crippen LogP contribution in [0.4, 0.5) is 19.0 Å². The molecule has 2 rings (SSSR count). The van der Waals surface area contributed by atoms with Crippen LogP contribution in [0.3, 0.4) is 0 Å². The molecule has 6 nitrogen and oxygen atoms in total. The maximum Gasteiger partial charge on any atom is 0.417 e. The van der Waals surface area contributed by atoms with Crippen molar-refractivity contribution in [3.63, 3.8) is 0 Å². The highest BCUT2D eigenvalue weighted by atomic mass is 35.5. The van der Waals surface area contributed by atoms with E-state index in [0.717, 1.165) is 6.07 Å². The molecule has 2 amide bonds. The van der Waals surface area contributed by atoms with Gasteiger partial charge in [0.15, 0.2) is 0 Å². The van der Waals surface area contributed by atoms with Crippen molar-refractivity contribution < 1.29 is 22.8 Å². The number of amides is 2. The number of alkyl halides is 3. The van der Waals surface area contributed by atoms with Gasteiger partial charge in [-0.05, 0) is 25.1 Å². The van der Waals surface area contributed by atoms with Crippen LogP contribution in [-0.2, 0) is 11.0 Å². The third-order valence-electron chi connectivity index (χ3n) is 3.81. The van der Waals surface area contributed by atoms with Crippen molar-refractivity contribution in [1.29, 1.82) is 0 Å². The summed E-state index contributed by atoms with van der Waals surface area (Å²) in [5.41, 5.74) is -0.433. The lowest BCUT2D eigenvalue weighted by Gasteiger charge is -2.14.